The fourth-order valence-electron chi connectivity index (χ4n) is 2.86. The highest BCUT2D eigenvalue weighted by Crippen LogP contribution is 2.46. The molecule has 1 aromatic heterocycles. The minimum Gasteiger partial charge on any atom is -0.395 e. The normalized spacial score (nSPS) is 23.6. The highest BCUT2D eigenvalue weighted by atomic mass is 35.5. The van der Waals surface area contributed by atoms with Crippen molar-refractivity contribution in [1.29, 1.82) is 0 Å². The molecule has 0 bridgehead atoms. The fraction of sp³-hybridized carbons (Fsp3) is 0.545. The van der Waals surface area contributed by atoms with Gasteiger partial charge < -0.3 is 5.11 Å². The third kappa shape index (κ3) is 1.98. The van der Waals surface area contributed by atoms with E-state index in [0.29, 0.717) is 22.9 Å². The van der Waals surface area contributed by atoms with Crippen LogP contribution in [0.1, 0.15) is 25.7 Å². The van der Waals surface area contributed by atoms with Crippen LogP contribution in [0.3, 0.4) is 0 Å². The molecule has 1 aromatic rings. The number of hydrogen-bond donors (Lipinski definition) is 2. The minimum absolute atomic E-state index is 0.0554. The van der Waals surface area contributed by atoms with Gasteiger partial charge >= 0.3 is 0 Å². The molecule has 20 heavy (non-hydrogen) atoms. The zero-order chi connectivity index (χ0) is 14.5. The number of fused-ring (bicyclic) bond motifs is 1. The number of hydrazine groups is 1. The van der Waals surface area contributed by atoms with Gasteiger partial charge in [-0.25, -0.2) is 5.84 Å². The average molecular weight is 336 g/mol. The second-order valence-corrected chi connectivity index (χ2v) is 8.61. The first-order chi connectivity index (χ1) is 9.39. The summed E-state index contributed by atoms with van der Waals surface area (Å²) in [5.41, 5.74) is -0.335. The van der Waals surface area contributed by atoms with Crippen LogP contribution >= 0.6 is 22.9 Å². The Morgan fingerprint density at radius 1 is 1.50 bits per heavy atom. The largest absolute Gasteiger partial charge is 0.395 e. The lowest BCUT2D eigenvalue weighted by atomic mass is 9.85. The summed E-state index contributed by atoms with van der Waals surface area (Å²) in [7, 11) is -3.80. The molecule has 1 saturated carbocycles. The Morgan fingerprint density at radius 2 is 2.15 bits per heavy atom. The molecule has 0 atom stereocenters. The summed E-state index contributed by atoms with van der Waals surface area (Å²) >= 11 is 6.83. The van der Waals surface area contributed by atoms with Gasteiger partial charge in [-0.3, -0.25) is 5.01 Å². The molecule has 0 aromatic carbocycles. The molecular weight excluding hydrogens is 322 g/mol. The van der Waals surface area contributed by atoms with Crippen LogP contribution in [0.25, 0.3) is 0 Å². The van der Waals surface area contributed by atoms with E-state index < -0.39 is 15.4 Å². The summed E-state index contributed by atoms with van der Waals surface area (Å²) < 4.78 is 28.8. The maximum absolute atomic E-state index is 12.3. The quantitative estimate of drug-likeness (QED) is 0.802. The van der Waals surface area contributed by atoms with Crippen LogP contribution in [0, 0.1) is 5.41 Å². The van der Waals surface area contributed by atoms with E-state index in [1.807, 2.05) is 0 Å². The fourth-order valence-corrected chi connectivity index (χ4v) is 5.76. The molecule has 6 nitrogen and oxygen atoms in total. The highest BCUT2D eigenvalue weighted by Gasteiger charge is 2.45. The Hall–Kier alpha value is -0.670. The number of hydrogen-bond acceptors (Lipinski definition) is 6. The number of aliphatic hydroxyl groups excluding tert-OH is 1. The molecule has 2 heterocycles. The first-order valence-corrected chi connectivity index (χ1v) is 8.84. The molecule has 110 valence electrons. The number of thiophene rings is 1. The zero-order valence-electron chi connectivity index (χ0n) is 10.5. The van der Waals surface area contributed by atoms with Gasteiger partial charge in [0, 0.05) is 0 Å². The van der Waals surface area contributed by atoms with Crippen LogP contribution in [0.5, 0.6) is 0 Å². The number of nitrogens with zero attached hydrogens (tertiary/aromatic N) is 2. The lowest BCUT2D eigenvalue weighted by Crippen LogP contribution is -2.51. The summed E-state index contributed by atoms with van der Waals surface area (Å²) in [5.74, 6) is 6.26. The first kappa shape index (κ1) is 14.3. The molecule has 0 spiro atoms. The van der Waals surface area contributed by atoms with Gasteiger partial charge in [-0.2, -0.15) is 8.42 Å². The SMILES string of the molecule is NN1C(C2(CO)CCCC2)=NS(=O)(=O)c2sc(Cl)cc21. The van der Waals surface area contributed by atoms with Gasteiger partial charge in [0.05, 0.1) is 22.0 Å². The van der Waals surface area contributed by atoms with E-state index in [4.69, 9.17) is 17.4 Å². The van der Waals surface area contributed by atoms with E-state index in [2.05, 4.69) is 4.40 Å². The molecule has 0 amide bonds. The predicted molar refractivity (Wildman–Crippen MR) is 78.6 cm³/mol. The van der Waals surface area contributed by atoms with Gasteiger partial charge in [0.1, 0.15) is 5.84 Å². The van der Waals surface area contributed by atoms with E-state index in [0.717, 1.165) is 24.2 Å². The molecule has 0 unspecified atom stereocenters. The summed E-state index contributed by atoms with van der Waals surface area (Å²) in [6.45, 7) is -0.164. The molecule has 1 fully saturated rings. The second-order valence-electron chi connectivity index (χ2n) is 5.13. The Morgan fingerprint density at radius 3 is 2.75 bits per heavy atom. The van der Waals surface area contributed by atoms with Crippen LogP contribution in [0.4, 0.5) is 5.69 Å². The maximum Gasteiger partial charge on any atom is 0.295 e. The minimum atomic E-state index is -3.80. The van der Waals surface area contributed by atoms with Crippen molar-refractivity contribution in [2.75, 3.05) is 11.6 Å². The smallest absolute Gasteiger partial charge is 0.295 e. The summed E-state index contributed by atoms with van der Waals surface area (Å²) in [5, 5.41) is 11.0. The van der Waals surface area contributed by atoms with E-state index in [-0.39, 0.29) is 16.7 Å². The van der Waals surface area contributed by atoms with Crippen LogP contribution < -0.4 is 10.9 Å². The van der Waals surface area contributed by atoms with Crippen molar-refractivity contribution in [3.05, 3.63) is 10.4 Å². The molecule has 0 radical (unpaired) electrons. The number of rotatable bonds is 2. The van der Waals surface area contributed by atoms with Gasteiger partial charge in [0.15, 0.2) is 4.21 Å². The standard InChI is InChI=1S/C11H14ClN3O3S2/c12-8-5-7-9(19-8)20(17,18)14-10(15(7)13)11(6-16)3-1-2-4-11/h5,16H,1-4,6,13H2. The number of anilines is 1. The Balaban J connectivity index is 2.16. The number of aliphatic hydroxyl groups is 1. The summed E-state index contributed by atoms with van der Waals surface area (Å²) in [6.07, 6.45) is 3.20. The molecular formula is C11H14ClN3O3S2. The Kier molecular flexibility index (Phi) is 3.33. The summed E-state index contributed by atoms with van der Waals surface area (Å²) in [6, 6.07) is 1.52. The van der Waals surface area contributed by atoms with E-state index in [1.54, 1.807) is 0 Å². The van der Waals surface area contributed by atoms with E-state index in [9.17, 15) is 13.5 Å². The van der Waals surface area contributed by atoms with E-state index >= 15 is 0 Å². The van der Waals surface area contributed by atoms with Crippen molar-refractivity contribution < 1.29 is 13.5 Å². The topological polar surface area (TPSA) is 96.0 Å². The maximum atomic E-state index is 12.3. The number of sulfonamides is 1. The van der Waals surface area contributed by atoms with Crippen LogP contribution in [0.15, 0.2) is 14.7 Å². The molecule has 1 aliphatic carbocycles. The third-order valence-electron chi connectivity index (χ3n) is 3.92. The molecule has 3 N–H and O–H groups in total. The van der Waals surface area contributed by atoms with Gasteiger partial charge in [-0.15, -0.1) is 15.7 Å². The number of halogens is 1. The van der Waals surface area contributed by atoms with Crippen LogP contribution in [-0.2, 0) is 10.0 Å². The van der Waals surface area contributed by atoms with Crippen LogP contribution in [-0.4, -0.2) is 26.0 Å². The van der Waals surface area contributed by atoms with Gasteiger partial charge in [0.2, 0.25) is 0 Å². The Labute approximate surface area is 125 Å². The van der Waals surface area contributed by atoms with Gasteiger partial charge in [0.25, 0.3) is 10.0 Å². The predicted octanol–water partition coefficient (Wildman–Crippen LogP) is 1.74. The molecule has 1 aliphatic heterocycles. The first-order valence-electron chi connectivity index (χ1n) is 6.20. The molecule has 2 aliphatic rings. The molecule has 9 heteroatoms. The van der Waals surface area contributed by atoms with Crippen LogP contribution in [0.2, 0.25) is 4.34 Å². The molecule has 3 rings (SSSR count). The lowest BCUT2D eigenvalue weighted by molar-refractivity contribution is 0.188. The second kappa shape index (κ2) is 4.67. The monoisotopic (exact) mass is 335 g/mol. The zero-order valence-corrected chi connectivity index (χ0v) is 12.9. The van der Waals surface area contributed by atoms with Crippen molar-refractivity contribution in [1.82, 2.24) is 0 Å². The van der Waals surface area contributed by atoms with Crippen molar-refractivity contribution in [3.8, 4) is 0 Å². The van der Waals surface area contributed by atoms with Crippen molar-refractivity contribution >= 4 is 44.5 Å². The van der Waals surface area contributed by atoms with Gasteiger partial charge in [-0.05, 0) is 18.9 Å². The number of amidine groups is 1. The summed E-state index contributed by atoms with van der Waals surface area (Å²) in [4.78, 5) is 0. The molecule has 0 saturated heterocycles. The lowest BCUT2D eigenvalue weighted by Gasteiger charge is -2.35. The number of nitrogens with two attached hydrogens (primary N) is 1. The Bertz CT molecular complexity index is 677. The average Bonchev–Trinajstić information content (AvgIpc) is 3.01. The highest BCUT2D eigenvalue weighted by molar-refractivity contribution is 7.92. The van der Waals surface area contributed by atoms with Gasteiger partial charge in [-0.1, -0.05) is 24.4 Å². The van der Waals surface area contributed by atoms with Crippen molar-refractivity contribution in [2.24, 2.45) is 15.7 Å². The van der Waals surface area contributed by atoms with Crippen molar-refractivity contribution in [3.63, 3.8) is 0 Å². The van der Waals surface area contributed by atoms with Crippen molar-refractivity contribution in [2.45, 2.75) is 29.9 Å². The van der Waals surface area contributed by atoms with E-state index in [1.165, 1.54) is 11.1 Å². The third-order valence-corrected chi connectivity index (χ3v) is 6.94.